The summed E-state index contributed by atoms with van der Waals surface area (Å²) in [4.78, 5) is 11.7. The molecule has 242 valence electrons. The molecule has 0 fully saturated rings. The smallest absolute Gasteiger partial charge is 0.251 e. The highest BCUT2D eigenvalue weighted by atomic mass is 19.3. The van der Waals surface area contributed by atoms with Crippen LogP contribution in [0.15, 0.2) is 30.5 Å². The fourth-order valence-electron chi connectivity index (χ4n) is 7.03. The van der Waals surface area contributed by atoms with Crippen LogP contribution in [-0.2, 0) is 37.1 Å². The van der Waals surface area contributed by atoms with Crippen LogP contribution >= 0.6 is 0 Å². The van der Waals surface area contributed by atoms with Gasteiger partial charge in [0, 0.05) is 74.4 Å². The summed E-state index contributed by atoms with van der Waals surface area (Å²) in [5, 5.41) is 8.39. The summed E-state index contributed by atoms with van der Waals surface area (Å²) < 4.78 is 70.0. The zero-order valence-electron chi connectivity index (χ0n) is 25.9. The first-order chi connectivity index (χ1) is 22.3. The van der Waals surface area contributed by atoms with Crippen LogP contribution < -0.4 is 10.1 Å². The number of alkyl halides is 2. The molecule has 8 nitrogen and oxygen atoms in total. The number of rotatable bonds is 9. The molecule has 1 aromatic carbocycles. The van der Waals surface area contributed by atoms with Crippen molar-refractivity contribution >= 4 is 0 Å². The maximum absolute atomic E-state index is 16.0. The molecule has 12 heteroatoms. The van der Waals surface area contributed by atoms with Crippen molar-refractivity contribution in [1.29, 1.82) is 0 Å². The Morgan fingerprint density at radius 2 is 1.85 bits per heavy atom. The van der Waals surface area contributed by atoms with Crippen LogP contribution in [0.2, 0.25) is 0 Å². The van der Waals surface area contributed by atoms with Gasteiger partial charge in [0.1, 0.15) is 29.7 Å². The van der Waals surface area contributed by atoms with Crippen LogP contribution in [-0.4, -0.2) is 71.0 Å². The second-order valence-corrected chi connectivity index (χ2v) is 12.2. The van der Waals surface area contributed by atoms with Crippen LogP contribution in [0.5, 0.6) is 5.75 Å². The largest absolute Gasteiger partial charge is 0.490 e. The average molecular weight is 637 g/mol. The van der Waals surface area contributed by atoms with E-state index >= 15 is 4.39 Å². The molecule has 0 amide bonds. The number of ether oxygens (including phenoxy) is 2. The van der Waals surface area contributed by atoms with Crippen LogP contribution in [0.4, 0.5) is 17.6 Å². The molecule has 1 unspecified atom stereocenters. The first-order valence-corrected chi connectivity index (χ1v) is 15.8. The number of fused-ring (bicyclic) bond motifs is 3. The number of hydrogen-bond acceptors (Lipinski definition) is 7. The maximum Gasteiger partial charge on any atom is 0.251 e. The Morgan fingerprint density at radius 3 is 2.65 bits per heavy atom. The predicted octanol–water partition coefficient (Wildman–Crippen LogP) is 5.75. The van der Waals surface area contributed by atoms with Gasteiger partial charge >= 0.3 is 0 Å². The summed E-state index contributed by atoms with van der Waals surface area (Å²) >= 11 is 0. The Kier molecular flexibility index (Phi) is 8.51. The van der Waals surface area contributed by atoms with Gasteiger partial charge in [-0.05, 0) is 55.0 Å². The van der Waals surface area contributed by atoms with E-state index < -0.39 is 18.1 Å². The van der Waals surface area contributed by atoms with Crippen LogP contribution in [0, 0.1) is 11.6 Å². The first-order valence-electron chi connectivity index (χ1n) is 15.8. The zero-order valence-corrected chi connectivity index (χ0v) is 25.9. The van der Waals surface area contributed by atoms with Crippen molar-refractivity contribution in [2.45, 2.75) is 58.2 Å². The van der Waals surface area contributed by atoms with Crippen LogP contribution in [0.25, 0.3) is 33.8 Å². The maximum atomic E-state index is 16.0. The van der Waals surface area contributed by atoms with E-state index in [0.29, 0.717) is 61.5 Å². The highest BCUT2D eigenvalue weighted by Crippen LogP contribution is 2.47. The molecule has 3 aromatic heterocycles. The second-order valence-electron chi connectivity index (χ2n) is 12.2. The van der Waals surface area contributed by atoms with E-state index in [-0.39, 0.29) is 37.1 Å². The standard InChI is InChI=1S/C34H36F4N6O2/c1-19-28-15-27(42-44(28)9-7-39-19)34-31(32-25(36)13-22(35)14-29(32)46-11-10-45-2)23-4-3-5-24(23)33(41-34)20-12-21-17-43(18-30(37)38)8-6-26(21)40-16-20/h12-16,19,30,39H,3-11,17-18H2,1-2H3. The highest BCUT2D eigenvalue weighted by molar-refractivity contribution is 5.89. The molecule has 1 aliphatic carbocycles. The molecule has 46 heavy (non-hydrogen) atoms. The van der Waals surface area contributed by atoms with Gasteiger partial charge in [0.05, 0.1) is 42.3 Å². The van der Waals surface area contributed by atoms with E-state index in [4.69, 9.17) is 24.5 Å². The molecule has 1 atom stereocenters. The number of benzene rings is 1. The Morgan fingerprint density at radius 1 is 1.00 bits per heavy atom. The third-order valence-electron chi connectivity index (χ3n) is 9.14. The van der Waals surface area contributed by atoms with Gasteiger partial charge in [-0.3, -0.25) is 14.6 Å². The van der Waals surface area contributed by atoms with E-state index in [0.717, 1.165) is 52.7 Å². The van der Waals surface area contributed by atoms with E-state index in [9.17, 15) is 13.2 Å². The average Bonchev–Trinajstić information content (AvgIpc) is 3.69. The number of pyridine rings is 2. The van der Waals surface area contributed by atoms with Crippen molar-refractivity contribution in [1.82, 2.24) is 30.0 Å². The van der Waals surface area contributed by atoms with Crippen LogP contribution in [0.3, 0.4) is 0 Å². The minimum Gasteiger partial charge on any atom is -0.490 e. The molecule has 3 aliphatic rings. The van der Waals surface area contributed by atoms with Crippen molar-refractivity contribution in [3.05, 3.63) is 70.2 Å². The number of nitrogens with zero attached hydrogens (tertiary/aromatic N) is 5. The van der Waals surface area contributed by atoms with Crippen molar-refractivity contribution in [2.24, 2.45) is 0 Å². The monoisotopic (exact) mass is 636 g/mol. The predicted molar refractivity (Wildman–Crippen MR) is 165 cm³/mol. The molecular weight excluding hydrogens is 600 g/mol. The number of aromatic nitrogens is 4. The Balaban J connectivity index is 1.43. The third-order valence-corrected chi connectivity index (χ3v) is 9.14. The summed E-state index contributed by atoms with van der Waals surface area (Å²) in [6.45, 7) is 4.50. The number of halogens is 4. The van der Waals surface area contributed by atoms with Gasteiger partial charge in [0.25, 0.3) is 6.43 Å². The van der Waals surface area contributed by atoms with E-state index in [1.54, 1.807) is 11.1 Å². The highest BCUT2D eigenvalue weighted by Gasteiger charge is 2.32. The van der Waals surface area contributed by atoms with E-state index in [1.807, 2.05) is 16.8 Å². The lowest BCUT2D eigenvalue weighted by molar-refractivity contribution is 0.0817. The Hall–Kier alpha value is -3.87. The summed E-state index contributed by atoms with van der Waals surface area (Å²) in [7, 11) is 1.53. The molecule has 4 aromatic rings. The van der Waals surface area contributed by atoms with E-state index in [2.05, 4.69) is 12.2 Å². The topological polar surface area (TPSA) is 77.3 Å². The van der Waals surface area contributed by atoms with Gasteiger partial charge in [-0.1, -0.05) is 0 Å². The molecule has 0 saturated heterocycles. The SMILES string of the molecule is COCCOc1cc(F)cc(F)c1-c1c(-c2cc3n(n2)CCNC3C)nc(-c2cnc3c(c2)CN(CC(F)F)CC3)c2c1CCC2. The zero-order chi connectivity index (χ0) is 31.9. The molecule has 5 heterocycles. The van der Waals surface area contributed by atoms with Gasteiger partial charge < -0.3 is 14.8 Å². The van der Waals surface area contributed by atoms with Crippen molar-refractivity contribution in [2.75, 3.05) is 40.0 Å². The summed E-state index contributed by atoms with van der Waals surface area (Å²) in [5.74, 6) is -1.41. The fraction of sp³-hybridized carbons (Fsp3) is 0.441. The Bertz CT molecular complexity index is 1780. The molecule has 7 rings (SSSR count). The minimum atomic E-state index is -2.41. The van der Waals surface area contributed by atoms with Crippen molar-refractivity contribution in [3.63, 3.8) is 0 Å². The summed E-state index contributed by atoms with van der Waals surface area (Å²) in [6, 6.07) is 6.13. The summed E-state index contributed by atoms with van der Waals surface area (Å²) in [5.41, 5.74) is 7.91. The van der Waals surface area contributed by atoms with Crippen molar-refractivity contribution in [3.8, 4) is 39.5 Å². The number of nitrogens with one attached hydrogen (secondary N) is 1. The lowest BCUT2D eigenvalue weighted by Gasteiger charge is -2.28. The Labute approximate surface area is 264 Å². The third kappa shape index (κ3) is 5.78. The number of hydrogen-bond donors (Lipinski definition) is 1. The van der Waals surface area contributed by atoms with Gasteiger partial charge in [-0.25, -0.2) is 22.5 Å². The molecular formula is C34H36F4N6O2. The van der Waals surface area contributed by atoms with Gasteiger partial charge in [0.15, 0.2) is 0 Å². The van der Waals surface area contributed by atoms with Gasteiger partial charge in [-0.2, -0.15) is 5.10 Å². The van der Waals surface area contributed by atoms with Gasteiger partial charge in [0.2, 0.25) is 0 Å². The molecule has 0 spiro atoms. The normalized spacial score (nSPS) is 17.7. The molecule has 0 bridgehead atoms. The molecule has 1 N–H and O–H groups in total. The number of methoxy groups -OCH3 is 1. The quantitative estimate of drug-likeness (QED) is 0.185. The molecule has 2 aliphatic heterocycles. The van der Waals surface area contributed by atoms with Crippen molar-refractivity contribution < 1.29 is 27.0 Å². The first kappa shape index (κ1) is 30.8. The lowest BCUT2D eigenvalue weighted by Crippen LogP contribution is -2.34. The van der Waals surface area contributed by atoms with Gasteiger partial charge in [-0.15, -0.1) is 0 Å². The second kappa shape index (κ2) is 12.7. The molecule has 0 radical (unpaired) electrons. The summed E-state index contributed by atoms with van der Waals surface area (Å²) in [6.07, 6.45) is 2.18. The lowest BCUT2D eigenvalue weighted by atomic mass is 9.90. The molecule has 0 saturated carbocycles. The van der Waals surface area contributed by atoms with E-state index in [1.165, 1.54) is 13.2 Å². The fourth-order valence-corrected chi connectivity index (χ4v) is 7.03. The van der Waals surface area contributed by atoms with Crippen LogP contribution in [0.1, 0.15) is 47.5 Å². The minimum absolute atomic E-state index is 0.0591.